The molecule has 0 bridgehead atoms. The van der Waals surface area contributed by atoms with Crippen LogP contribution in [-0.4, -0.2) is 27.4 Å². The molecule has 9 heteroatoms. The van der Waals surface area contributed by atoms with Crippen LogP contribution in [0.1, 0.15) is 43.1 Å². The van der Waals surface area contributed by atoms with E-state index in [0.717, 1.165) is 23.7 Å². The van der Waals surface area contributed by atoms with Gasteiger partial charge in [0.15, 0.2) is 0 Å². The fourth-order valence-corrected chi connectivity index (χ4v) is 3.39. The van der Waals surface area contributed by atoms with Crippen LogP contribution in [0.5, 0.6) is 5.88 Å². The first kappa shape index (κ1) is 21.0. The standard InChI is InChI=1S/C20H19F5N2O2/c1-2-3-4-7-11-27-17-14-9-6-5-8-13(14)10-12-26(17)15(18(27)29)16(28)19(21,22)20(23,24)25/h5-6,8-10,12H,2-4,7,11H2,1H3/p+1. The number of aryl methyl sites for hydroxylation is 1. The number of nitrogens with zero attached hydrogens (tertiary/aromatic N) is 2. The SMILES string of the molecule is CCCCCC[n+]1c(O)c(C(=O)C(F)(F)C(F)(F)F)n2ccc3ccccc3c21. The number of ketones is 1. The van der Waals surface area contributed by atoms with Crippen molar-refractivity contribution in [2.75, 3.05) is 0 Å². The molecule has 0 atom stereocenters. The maximum absolute atomic E-state index is 13.8. The fraction of sp³-hybridized carbons (Fsp3) is 0.400. The highest BCUT2D eigenvalue weighted by molar-refractivity contribution is 6.04. The van der Waals surface area contributed by atoms with E-state index in [-0.39, 0.29) is 12.2 Å². The van der Waals surface area contributed by atoms with Gasteiger partial charge in [0.25, 0.3) is 17.1 Å². The Morgan fingerprint density at radius 1 is 1.07 bits per heavy atom. The maximum Gasteiger partial charge on any atom is 0.461 e. The summed E-state index contributed by atoms with van der Waals surface area (Å²) in [6, 6.07) is 8.32. The fourth-order valence-electron chi connectivity index (χ4n) is 3.39. The second-order valence-electron chi connectivity index (χ2n) is 6.88. The number of alkyl halides is 5. The van der Waals surface area contributed by atoms with Crippen molar-refractivity contribution in [3.63, 3.8) is 0 Å². The van der Waals surface area contributed by atoms with Crippen molar-refractivity contribution in [1.29, 1.82) is 0 Å². The Morgan fingerprint density at radius 3 is 2.41 bits per heavy atom. The van der Waals surface area contributed by atoms with Gasteiger partial charge in [-0.2, -0.15) is 30.9 Å². The number of benzene rings is 1. The number of hydrogen-bond acceptors (Lipinski definition) is 2. The summed E-state index contributed by atoms with van der Waals surface area (Å²) in [5.41, 5.74) is -0.887. The zero-order valence-corrected chi connectivity index (χ0v) is 15.6. The number of carbonyl (C=O) groups is 1. The van der Waals surface area contributed by atoms with E-state index in [9.17, 15) is 31.9 Å². The lowest BCUT2D eigenvalue weighted by Gasteiger charge is -2.16. The lowest BCUT2D eigenvalue weighted by Crippen LogP contribution is -2.44. The summed E-state index contributed by atoms with van der Waals surface area (Å²) in [4.78, 5) is 12.2. The molecular formula is C20H20F5N2O2+. The maximum atomic E-state index is 13.8. The topological polar surface area (TPSA) is 45.6 Å². The van der Waals surface area contributed by atoms with Gasteiger partial charge in [-0.15, -0.1) is 0 Å². The van der Waals surface area contributed by atoms with Crippen molar-refractivity contribution in [3.05, 3.63) is 42.2 Å². The third-order valence-corrected chi connectivity index (χ3v) is 4.89. The molecule has 1 N–H and O–H groups in total. The number of pyridine rings is 1. The van der Waals surface area contributed by atoms with Gasteiger partial charge in [0.05, 0.1) is 18.1 Å². The van der Waals surface area contributed by atoms with E-state index in [0.29, 0.717) is 17.2 Å². The van der Waals surface area contributed by atoms with Gasteiger partial charge in [-0.3, -0.25) is 4.79 Å². The van der Waals surface area contributed by atoms with Crippen LogP contribution in [0.3, 0.4) is 0 Å². The van der Waals surface area contributed by atoms with E-state index >= 15 is 0 Å². The van der Waals surface area contributed by atoms with Crippen LogP contribution in [0, 0.1) is 0 Å². The monoisotopic (exact) mass is 415 g/mol. The molecule has 29 heavy (non-hydrogen) atoms. The Balaban J connectivity index is 2.25. The molecule has 0 saturated carbocycles. The van der Waals surface area contributed by atoms with Crippen molar-refractivity contribution in [3.8, 4) is 5.88 Å². The molecule has 1 aromatic carbocycles. The predicted molar refractivity (Wildman–Crippen MR) is 96.2 cm³/mol. The molecule has 156 valence electrons. The minimum absolute atomic E-state index is 0.175. The summed E-state index contributed by atoms with van der Waals surface area (Å²) in [7, 11) is 0. The Bertz CT molecular complexity index is 1060. The summed E-state index contributed by atoms with van der Waals surface area (Å²) in [5, 5.41) is 11.8. The van der Waals surface area contributed by atoms with Crippen molar-refractivity contribution < 1.29 is 36.4 Å². The number of halogens is 5. The Hall–Kier alpha value is -2.71. The van der Waals surface area contributed by atoms with E-state index in [1.54, 1.807) is 24.3 Å². The number of Topliss-reactive ketones (excluding diaryl/α,β-unsaturated/α-hetero) is 1. The largest absolute Gasteiger partial charge is 0.475 e. The number of aromatic hydroxyl groups is 1. The summed E-state index contributed by atoms with van der Waals surface area (Å²) >= 11 is 0. The summed E-state index contributed by atoms with van der Waals surface area (Å²) in [6.45, 7) is 2.18. The summed E-state index contributed by atoms with van der Waals surface area (Å²) in [6.07, 6.45) is -1.64. The van der Waals surface area contributed by atoms with Crippen molar-refractivity contribution in [2.45, 2.75) is 51.3 Å². The van der Waals surface area contributed by atoms with Gasteiger partial charge >= 0.3 is 18.0 Å². The van der Waals surface area contributed by atoms with E-state index in [4.69, 9.17) is 0 Å². The molecule has 0 spiro atoms. The number of fused-ring (bicyclic) bond motifs is 3. The third-order valence-electron chi connectivity index (χ3n) is 4.89. The molecule has 3 aromatic rings. The van der Waals surface area contributed by atoms with E-state index in [1.165, 1.54) is 16.8 Å². The van der Waals surface area contributed by atoms with Crippen molar-refractivity contribution in [2.24, 2.45) is 0 Å². The average molecular weight is 415 g/mol. The van der Waals surface area contributed by atoms with Crippen LogP contribution in [-0.2, 0) is 6.54 Å². The van der Waals surface area contributed by atoms with Crippen LogP contribution < -0.4 is 4.57 Å². The Kier molecular flexibility index (Phi) is 5.51. The summed E-state index contributed by atoms with van der Waals surface area (Å²) in [5.74, 6) is -9.00. The number of aromatic nitrogens is 2. The molecule has 0 unspecified atom stereocenters. The van der Waals surface area contributed by atoms with Crippen LogP contribution in [0.2, 0.25) is 0 Å². The molecule has 0 aliphatic carbocycles. The van der Waals surface area contributed by atoms with Crippen LogP contribution in [0.4, 0.5) is 22.0 Å². The van der Waals surface area contributed by atoms with Gasteiger partial charge in [0.2, 0.25) is 0 Å². The molecule has 2 aromatic heterocycles. The minimum atomic E-state index is -6.07. The molecule has 0 aliphatic rings. The van der Waals surface area contributed by atoms with Gasteiger partial charge < -0.3 is 5.11 Å². The number of unbranched alkanes of at least 4 members (excludes halogenated alkanes) is 3. The van der Waals surface area contributed by atoms with Gasteiger partial charge in [-0.1, -0.05) is 38.0 Å². The van der Waals surface area contributed by atoms with E-state index in [2.05, 4.69) is 0 Å². The van der Waals surface area contributed by atoms with Gasteiger partial charge in [0, 0.05) is 0 Å². The molecule has 3 rings (SSSR count). The molecule has 0 amide bonds. The third kappa shape index (κ3) is 3.54. The van der Waals surface area contributed by atoms with E-state index < -0.39 is 29.5 Å². The van der Waals surface area contributed by atoms with Gasteiger partial charge in [-0.25, -0.2) is 0 Å². The lowest BCUT2D eigenvalue weighted by atomic mass is 10.1. The van der Waals surface area contributed by atoms with E-state index in [1.807, 2.05) is 6.92 Å². The highest BCUT2D eigenvalue weighted by Gasteiger charge is 2.65. The highest BCUT2D eigenvalue weighted by atomic mass is 19.4. The lowest BCUT2D eigenvalue weighted by molar-refractivity contribution is -0.676. The number of carbonyl (C=O) groups excluding carboxylic acids is 1. The first-order valence-corrected chi connectivity index (χ1v) is 9.25. The average Bonchev–Trinajstić information content (AvgIpc) is 2.95. The van der Waals surface area contributed by atoms with Gasteiger partial charge in [-0.05, 0) is 30.4 Å². The molecule has 4 nitrogen and oxygen atoms in total. The van der Waals surface area contributed by atoms with Gasteiger partial charge in [0.1, 0.15) is 0 Å². The Morgan fingerprint density at radius 2 is 1.76 bits per heavy atom. The highest BCUT2D eigenvalue weighted by Crippen LogP contribution is 2.39. The van der Waals surface area contributed by atoms with Crippen LogP contribution in [0.15, 0.2) is 36.5 Å². The van der Waals surface area contributed by atoms with Crippen LogP contribution >= 0.6 is 0 Å². The molecule has 0 saturated heterocycles. The molecular weight excluding hydrogens is 395 g/mol. The number of rotatable bonds is 7. The zero-order valence-electron chi connectivity index (χ0n) is 15.6. The Labute approximate surface area is 163 Å². The molecule has 0 aliphatic heterocycles. The first-order chi connectivity index (χ1) is 13.6. The predicted octanol–water partition coefficient (Wildman–Crippen LogP) is 5.05. The number of hydrogen-bond donors (Lipinski definition) is 1. The molecule has 2 heterocycles. The van der Waals surface area contributed by atoms with Crippen LogP contribution in [0.25, 0.3) is 16.4 Å². The normalized spacial score (nSPS) is 12.8. The quantitative estimate of drug-likeness (QED) is 0.254. The smallest absolute Gasteiger partial charge is 0.461 e. The van der Waals surface area contributed by atoms with Crippen molar-refractivity contribution >= 4 is 22.2 Å². The zero-order chi connectivity index (χ0) is 21.4. The second kappa shape index (κ2) is 7.61. The number of imidazole rings is 1. The molecule has 0 fully saturated rings. The second-order valence-corrected chi connectivity index (χ2v) is 6.88. The summed E-state index contributed by atoms with van der Waals surface area (Å²) < 4.78 is 68.1. The van der Waals surface area contributed by atoms with Crippen molar-refractivity contribution in [1.82, 2.24) is 4.40 Å². The molecule has 0 radical (unpaired) electrons. The first-order valence-electron chi connectivity index (χ1n) is 9.25. The minimum Gasteiger partial charge on any atom is -0.475 e.